The molecule has 0 aromatic carbocycles. The third kappa shape index (κ3) is 1.69. The van der Waals surface area contributed by atoms with E-state index in [2.05, 4.69) is 15.1 Å². The van der Waals surface area contributed by atoms with Crippen LogP contribution >= 0.6 is 0 Å². The molecule has 0 saturated heterocycles. The van der Waals surface area contributed by atoms with Gasteiger partial charge in [-0.1, -0.05) is 6.92 Å². The second-order valence-corrected chi connectivity index (χ2v) is 3.51. The van der Waals surface area contributed by atoms with Crippen LogP contribution in [0, 0.1) is 0 Å². The molecule has 0 saturated carbocycles. The molecular formula is C10H13N5O. The van der Waals surface area contributed by atoms with Gasteiger partial charge in [-0.15, -0.1) is 0 Å². The standard InChI is InChI=1S/C10H13N5O/c1-3-6-8(11)12-9(13-10(6)16)7-4-5-15(2)14-7/h4-5H,3H2,1-2H3,(H3,11,12,13,16). The molecule has 84 valence electrons. The van der Waals surface area contributed by atoms with Crippen molar-refractivity contribution in [2.24, 2.45) is 7.05 Å². The van der Waals surface area contributed by atoms with Crippen LogP contribution in [0.3, 0.4) is 0 Å². The number of aromatic nitrogens is 4. The van der Waals surface area contributed by atoms with Gasteiger partial charge in [0.1, 0.15) is 11.5 Å². The number of hydrogen-bond acceptors (Lipinski definition) is 4. The van der Waals surface area contributed by atoms with Gasteiger partial charge >= 0.3 is 0 Å². The first-order valence-electron chi connectivity index (χ1n) is 5.00. The van der Waals surface area contributed by atoms with Gasteiger partial charge in [-0.2, -0.15) is 5.10 Å². The smallest absolute Gasteiger partial charge is 0.256 e. The summed E-state index contributed by atoms with van der Waals surface area (Å²) in [6.45, 7) is 1.86. The molecule has 0 aliphatic carbocycles. The number of rotatable bonds is 2. The minimum absolute atomic E-state index is 0.198. The maximum absolute atomic E-state index is 11.7. The second kappa shape index (κ2) is 3.80. The highest BCUT2D eigenvalue weighted by atomic mass is 16.1. The van der Waals surface area contributed by atoms with Crippen LogP contribution in [0.15, 0.2) is 17.1 Å². The zero-order valence-electron chi connectivity index (χ0n) is 9.19. The Morgan fingerprint density at radius 1 is 1.56 bits per heavy atom. The predicted molar refractivity (Wildman–Crippen MR) is 60.9 cm³/mol. The topological polar surface area (TPSA) is 89.6 Å². The molecule has 2 rings (SSSR count). The summed E-state index contributed by atoms with van der Waals surface area (Å²) < 4.78 is 1.64. The molecule has 0 bridgehead atoms. The van der Waals surface area contributed by atoms with E-state index < -0.39 is 0 Å². The molecule has 3 N–H and O–H groups in total. The average molecular weight is 219 g/mol. The van der Waals surface area contributed by atoms with E-state index in [9.17, 15) is 4.79 Å². The van der Waals surface area contributed by atoms with Gasteiger partial charge < -0.3 is 10.7 Å². The molecule has 2 aromatic heterocycles. The lowest BCUT2D eigenvalue weighted by atomic mass is 10.2. The molecule has 6 heteroatoms. The third-order valence-electron chi connectivity index (χ3n) is 2.36. The molecular weight excluding hydrogens is 206 g/mol. The lowest BCUT2D eigenvalue weighted by molar-refractivity contribution is 0.768. The number of anilines is 1. The first-order valence-corrected chi connectivity index (χ1v) is 5.00. The number of H-pyrrole nitrogens is 1. The van der Waals surface area contributed by atoms with Gasteiger partial charge in [0.25, 0.3) is 5.56 Å². The van der Waals surface area contributed by atoms with Crippen LogP contribution in [-0.2, 0) is 13.5 Å². The summed E-state index contributed by atoms with van der Waals surface area (Å²) in [7, 11) is 1.80. The van der Waals surface area contributed by atoms with Crippen molar-refractivity contribution in [1.29, 1.82) is 0 Å². The van der Waals surface area contributed by atoms with E-state index in [1.165, 1.54) is 0 Å². The van der Waals surface area contributed by atoms with E-state index in [1.807, 2.05) is 6.92 Å². The van der Waals surface area contributed by atoms with Gasteiger partial charge in [0.2, 0.25) is 0 Å². The Morgan fingerprint density at radius 3 is 2.81 bits per heavy atom. The van der Waals surface area contributed by atoms with Crippen molar-refractivity contribution in [2.75, 3.05) is 5.73 Å². The largest absolute Gasteiger partial charge is 0.383 e. The van der Waals surface area contributed by atoms with Crippen LogP contribution in [0.2, 0.25) is 0 Å². The second-order valence-electron chi connectivity index (χ2n) is 3.51. The van der Waals surface area contributed by atoms with E-state index in [0.29, 0.717) is 23.5 Å². The summed E-state index contributed by atoms with van der Waals surface area (Å²) in [4.78, 5) is 18.5. The summed E-state index contributed by atoms with van der Waals surface area (Å²) >= 11 is 0. The van der Waals surface area contributed by atoms with E-state index in [4.69, 9.17) is 5.73 Å². The number of aromatic amines is 1. The maximum atomic E-state index is 11.7. The molecule has 2 heterocycles. The van der Waals surface area contributed by atoms with Crippen molar-refractivity contribution in [3.05, 3.63) is 28.2 Å². The molecule has 0 spiro atoms. The molecule has 16 heavy (non-hydrogen) atoms. The Kier molecular flexibility index (Phi) is 2.47. The van der Waals surface area contributed by atoms with E-state index in [-0.39, 0.29) is 11.4 Å². The summed E-state index contributed by atoms with van der Waals surface area (Å²) in [6.07, 6.45) is 2.34. The predicted octanol–water partition coefficient (Wildman–Crippen LogP) is 0.315. The van der Waals surface area contributed by atoms with E-state index in [0.717, 1.165) is 0 Å². The third-order valence-corrected chi connectivity index (χ3v) is 2.36. The Morgan fingerprint density at radius 2 is 2.31 bits per heavy atom. The fourth-order valence-corrected chi connectivity index (χ4v) is 1.52. The Balaban J connectivity index is 2.56. The Labute approximate surface area is 92.1 Å². The van der Waals surface area contributed by atoms with Crippen molar-refractivity contribution in [3.63, 3.8) is 0 Å². The fraction of sp³-hybridized carbons (Fsp3) is 0.300. The van der Waals surface area contributed by atoms with Gasteiger partial charge in [-0.25, -0.2) is 4.98 Å². The molecule has 0 aliphatic heterocycles. The van der Waals surface area contributed by atoms with Crippen molar-refractivity contribution >= 4 is 5.82 Å². The van der Waals surface area contributed by atoms with Crippen LogP contribution in [0.5, 0.6) is 0 Å². The monoisotopic (exact) mass is 219 g/mol. The number of nitrogens with two attached hydrogens (primary N) is 1. The molecule has 0 amide bonds. The number of nitrogens with one attached hydrogen (secondary N) is 1. The molecule has 0 atom stereocenters. The average Bonchev–Trinajstić information content (AvgIpc) is 2.64. The highest BCUT2D eigenvalue weighted by Crippen LogP contribution is 2.12. The van der Waals surface area contributed by atoms with Crippen LogP contribution in [0.4, 0.5) is 5.82 Å². The molecule has 0 aliphatic rings. The molecule has 0 fully saturated rings. The number of hydrogen-bond donors (Lipinski definition) is 2. The summed E-state index contributed by atoms with van der Waals surface area (Å²) in [5.41, 5.74) is 6.63. The fourth-order valence-electron chi connectivity index (χ4n) is 1.52. The van der Waals surface area contributed by atoms with Crippen LogP contribution in [0.25, 0.3) is 11.5 Å². The summed E-state index contributed by atoms with van der Waals surface area (Å²) in [5, 5.41) is 4.15. The van der Waals surface area contributed by atoms with Crippen LogP contribution < -0.4 is 11.3 Å². The highest BCUT2D eigenvalue weighted by Gasteiger charge is 2.09. The highest BCUT2D eigenvalue weighted by molar-refractivity contribution is 5.52. The van der Waals surface area contributed by atoms with Crippen molar-refractivity contribution in [3.8, 4) is 11.5 Å². The molecule has 2 aromatic rings. The van der Waals surface area contributed by atoms with Crippen molar-refractivity contribution < 1.29 is 0 Å². The summed E-state index contributed by atoms with van der Waals surface area (Å²) in [5.74, 6) is 0.673. The maximum Gasteiger partial charge on any atom is 0.256 e. The minimum atomic E-state index is -0.198. The number of nitrogen functional groups attached to an aromatic ring is 1. The van der Waals surface area contributed by atoms with Crippen LogP contribution in [-0.4, -0.2) is 19.7 Å². The SMILES string of the molecule is CCc1c(N)nc(-c2ccn(C)n2)[nH]c1=O. The molecule has 6 nitrogen and oxygen atoms in total. The lowest BCUT2D eigenvalue weighted by Crippen LogP contribution is -2.17. The lowest BCUT2D eigenvalue weighted by Gasteiger charge is -2.02. The normalized spacial score (nSPS) is 10.6. The Bertz CT molecular complexity index is 569. The first-order chi connectivity index (χ1) is 7.61. The van der Waals surface area contributed by atoms with E-state index in [1.54, 1.807) is 24.0 Å². The van der Waals surface area contributed by atoms with Gasteiger partial charge in [0, 0.05) is 13.2 Å². The van der Waals surface area contributed by atoms with E-state index >= 15 is 0 Å². The summed E-state index contributed by atoms with van der Waals surface area (Å²) in [6, 6.07) is 1.77. The molecule has 0 unspecified atom stereocenters. The van der Waals surface area contributed by atoms with Gasteiger partial charge in [-0.05, 0) is 12.5 Å². The number of aryl methyl sites for hydroxylation is 1. The minimum Gasteiger partial charge on any atom is -0.383 e. The van der Waals surface area contributed by atoms with Crippen LogP contribution in [0.1, 0.15) is 12.5 Å². The van der Waals surface area contributed by atoms with Crippen molar-refractivity contribution in [2.45, 2.75) is 13.3 Å². The van der Waals surface area contributed by atoms with Gasteiger partial charge in [-0.3, -0.25) is 9.48 Å². The zero-order chi connectivity index (χ0) is 11.7. The Hall–Kier alpha value is -2.11. The van der Waals surface area contributed by atoms with Crippen molar-refractivity contribution in [1.82, 2.24) is 19.7 Å². The molecule has 0 radical (unpaired) electrons. The van der Waals surface area contributed by atoms with Gasteiger partial charge in [0.15, 0.2) is 5.82 Å². The zero-order valence-corrected chi connectivity index (χ0v) is 9.19. The van der Waals surface area contributed by atoms with Gasteiger partial charge in [0.05, 0.1) is 5.56 Å². The number of nitrogens with zero attached hydrogens (tertiary/aromatic N) is 3. The first kappa shape index (κ1) is 10.4. The quantitative estimate of drug-likeness (QED) is 0.760.